The molecule has 1 aliphatic carbocycles. The van der Waals surface area contributed by atoms with E-state index in [9.17, 15) is 9.90 Å². The second kappa shape index (κ2) is 5.38. The van der Waals surface area contributed by atoms with Gasteiger partial charge in [0.05, 0.1) is 17.8 Å². The third kappa shape index (κ3) is 2.58. The van der Waals surface area contributed by atoms with Crippen LogP contribution in [0, 0.1) is 5.92 Å². The normalized spacial score (nSPS) is 20.6. The molecule has 1 saturated carbocycles. The first-order valence-electron chi connectivity index (χ1n) is 8.23. The minimum absolute atomic E-state index is 0.132. The molecule has 0 bridgehead atoms. The number of nitrogens with two attached hydrogens (primary N) is 1. The number of carbonyl (C=O) groups excluding carboxylic acids is 1. The molecule has 1 fully saturated rings. The monoisotopic (exact) mass is 340 g/mol. The Kier molecular flexibility index (Phi) is 3.40. The van der Waals surface area contributed by atoms with Crippen LogP contribution in [0.15, 0.2) is 31.0 Å². The van der Waals surface area contributed by atoms with E-state index in [0.29, 0.717) is 11.3 Å². The number of rotatable bonds is 4. The van der Waals surface area contributed by atoms with Gasteiger partial charge in [0.2, 0.25) is 0 Å². The molecule has 130 valence electrons. The summed E-state index contributed by atoms with van der Waals surface area (Å²) in [5.74, 6) is 0.195. The van der Waals surface area contributed by atoms with Crippen LogP contribution in [0.2, 0.25) is 0 Å². The van der Waals surface area contributed by atoms with Crippen LogP contribution in [0.25, 0.3) is 16.7 Å². The maximum absolute atomic E-state index is 12.0. The van der Waals surface area contributed by atoms with Gasteiger partial charge in [-0.05, 0) is 38.7 Å². The zero-order valence-corrected chi connectivity index (χ0v) is 14.1. The fourth-order valence-electron chi connectivity index (χ4n) is 3.41. The Morgan fingerprint density at radius 1 is 1.40 bits per heavy atom. The first kappa shape index (κ1) is 15.8. The Morgan fingerprint density at radius 2 is 2.16 bits per heavy atom. The van der Waals surface area contributed by atoms with Crippen LogP contribution in [0.4, 0.5) is 0 Å². The number of primary amides is 1. The molecule has 3 heterocycles. The van der Waals surface area contributed by atoms with Crippen molar-refractivity contribution in [2.45, 2.75) is 38.3 Å². The predicted molar refractivity (Wildman–Crippen MR) is 91.2 cm³/mol. The molecule has 1 amide bonds. The Bertz CT molecular complexity index is 932. The summed E-state index contributed by atoms with van der Waals surface area (Å²) in [5.41, 5.74) is 5.72. The van der Waals surface area contributed by atoms with Crippen molar-refractivity contribution < 1.29 is 9.90 Å². The standard InChI is InChI=1S/C17H20N6O2/c1-17(2,25)11-6-12(7-11)23-15-10(8-20-23)5-13(21-14(15)16(18)24)22-4-3-19-9-22/h3-5,8-9,11-12,25H,6-7H2,1-2H3,(H2,18,24). The highest BCUT2D eigenvalue weighted by atomic mass is 16.3. The Labute approximate surface area is 144 Å². The van der Waals surface area contributed by atoms with Crippen molar-refractivity contribution >= 4 is 16.8 Å². The average Bonchev–Trinajstić information content (AvgIpc) is 3.12. The summed E-state index contributed by atoms with van der Waals surface area (Å²) < 4.78 is 3.54. The number of imidazole rings is 1. The molecule has 0 radical (unpaired) electrons. The van der Waals surface area contributed by atoms with E-state index in [1.54, 1.807) is 29.5 Å². The molecule has 3 N–H and O–H groups in total. The molecule has 8 nitrogen and oxygen atoms in total. The van der Waals surface area contributed by atoms with E-state index in [1.165, 1.54) is 0 Å². The first-order valence-corrected chi connectivity index (χ1v) is 8.23. The molecule has 0 saturated heterocycles. The fourth-order valence-corrected chi connectivity index (χ4v) is 3.41. The minimum atomic E-state index is -0.710. The summed E-state index contributed by atoms with van der Waals surface area (Å²) in [6.07, 6.45) is 8.35. The van der Waals surface area contributed by atoms with Crippen molar-refractivity contribution in [3.05, 3.63) is 36.7 Å². The van der Waals surface area contributed by atoms with E-state index in [4.69, 9.17) is 5.73 Å². The van der Waals surface area contributed by atoms with Crippen molar-refractivity contribution in [1.82, 2.24) is 24.3 Å². The van der Waals surface area contributed by atoms with Gasteiger partial charge < -0.3 is 10.8 Å². The lowest BCUT2D eigenvalue weighted by Gasteiger charge is -2.42. The molecule has 0 unspecified atom stereocenters. The van der Waals surface area contributed by atoms with Gasteiger partial charge in [0, 0.05) is 17.8 Å². The number of amides is 1. The summed E-state index contributed by atoms with van der Waals surface area (Å²) in [6, 6.07) is 1.99. The van der Waals surface area contributed by atoms with Crippen LogP contribution in [-0.4, -0.2) is 40.9 Å². The highest BCUT2D eigenvalue weighted by molar-refractivity contribution is 6.03. The van der Waals surface area contributed by atoms with Gasteiger partial charge in [0.25, 0.3) is 5.91 Å². The van der Waals surface area contributed by atoms with Crippen molar-refractivity contribution in [3.8, 4) is 5.82 Å². The Hall–Kier alpha value is -2.74. The Balaban J connectivity index is 1.77. The number of nitrogens with zero attached hydrogens (tertiary/aromatic N) is 5. The van der Waals surface area contributed by atoms with E-state index >= 15 is 0 Å². The van der Waals surface area contributed by atoms with Gasteiger partial charge in [-0.15, -0.1) is 0 Å². The minimum Gasteiger partial charge on any atom is -0.390 e. The largest absolute Gasteiger partial charge is 0.390 e. The van der Waals surface area contributed by atoms with Gasteiger partial charge in [-0.25, -0.2) is 9.97 Å². The average molecular weight is 340 g/mol. The van der Waals surface area contributed by atoms with E-state index in [-0.39, 0.29) is 17.7 Å². The lowest BCUT2D eigenvalue weighted by molar-refractivity contribution is -0.0406. The number of fused-ring (bicyclic) bond motifs is 1. The number of aromatic nitrogens is 5. The summed E-state index contributed by atoms with van der Waals surface area (Å²) in [5, 5.41) is 15.4. The number of hydrogen-bond donors (Lipinski definition) is 2. The van der Waals surface area contributed by atoms with Crippen LogP contribution < -0.4 is 5.73 Å². The highest BCUT2D eigenvalue weighted by Crippen LogP contribution is 2.44. The third-order valence-corrected chi connectivity index (χ3v) is 5.02. The molecule has 4 rings (SSSR count). The molecule has 3 aromatic heterocycles. The molecule has 1 aliphatic rings. The summed E-state index contributed by atoms with van der Waals surface area (Å²) in [7, 11) is 0. The Morgan fingerprint density at radius 3 is 2.76 bits per heavy atom. The van der Waals surface area contributed by atoms with Gasteiger partial charge in [-0.3, -0.25) is 14.0 Å². The molecule has 0 atom stereocenters. The second-order valence-electron chi connectivity index (χ2n) is 7.17. The SMILES string of the molecule is CC(C)(O)C1CC(n2ncc3cc(-n4ccnc4)nc(C(N)=O)c32)C1. The number of hydrogen-bond acceptors (Lipinski definition) is 5. The smallest absolute Gasteiger partial charge is 0.269 e. The van der Waals surface area contributed by atoms with Crippen LogP contribution >= 0.6 is 0 Å². The molecule has 0 aliphatic heterocycles. The van der Waals surface area contributed by atoms with Crippen molar-refractivity contribution in [1.29, 1.82) is 0 Å². The van der Waals surface area contributed by atoms with E-state index in [2.05, 4.69) is 15.1 Å². The maximum Gasteiger partial charge on any atom is 0.269 e. The quantitative estimate of drug-likeness (QED) is 0.746. The summed E-state index contributed by atoms with van der Waals surface area (Å²) in [4.78, 5) is 20.4. The highest BCUT2D eigenvalue weighted by Gasteiger charge is 2.40. The van der Waals surface area contributed by atoms with E-state index in [1.807, 2.05) is 24.6 Å². The fraction of sp³-hybridized carbons (Fsp3) is 0.412. The van der Waals surface area contributed by atoms with Gasteiger partial charge in [-0.1, -0.05) is 0 Å². The van der Waals surface area contributed by atoms with Crippen molar-refractivity contribution in [3.63, 3.8) is 0 Å². The number of pyridine rings is 1. The van der Waals surface area contributed by atoms with Gasteiger partial charge in [-0.2, -0.15) is 5.10 Å². The van der Waals surface area contributed by atoms with Crippen LogP contribution in [0.5, 0.6) is 0 Å². The van der Waals surface area contributed by atoms with Crippen LogP contribution in [0.3, 0.4) is 0 Å². The molecule has 0 spiro atoms. The molecule has 25 heavy (non-hydrogen) atoms. The van der Waals surface area contributed by atoms with Crippen LogP contribution in [-0.2, 0) is 0 Å². The molecule has 3 aromatic rings. The third-order valence-electron chi connectivity index (χ3n) is 5.02. The maximum atomic E-state index is 12.0. The van der Waals surface area contributed by atoms with E-state index < -0.39 is 11.5 Å². The molecule has 0 aromatic carbocycles. The van der Waals surface area contributed by atoms with Gasteiger partial charge in [0.15, 0.2) is 5.69 Å². The molecular formula is C17H20N6O2. The van der Waals surface area contributed by atoms with Crippen molar-refractivity contribution in [2.75, 3.05) is 0 Å². The zero-order valence-electron chi connectivity index (χ0n) is 14.1. The lowest BCUT2D eigenvalue weighted by atomic mass is 9.71. The first-order chi connectivity index (χ1) is 11.8. The second-order valence-corrected chi connectivity index (χ2v) is 7.17. The topological polar surface area (TPSA) is 112 Å². The zero-order chi connectivity index (χ0) is 17.8. The van der Waals surface area contributed by atoms with Gasteiger partial charge >= 0.3 is 0 Å². The van der Waals surface area contributed by atoms with Crippen LogP contribution in [0.1, 0.15) is 43.2 Å². The predicted octanol–water partition coefficient (Wildman–Crippen LogP) is 1.44. The number of aliphatic hydroxyl groups is 1. The van der Waals surface area contributed by atoms with Gasteiger partial charge in [0.1, 0.15) is 17.7 Å². The number of carbonyl (C=O) groups is 1. The van der Waals surface area contributed by atoms with E-state index in [0.717, 1.165) is 18.2 Å². The molecular weight excluding hydrogens is 320 g/mol. The summed E-state index contributed by atoms with van der Waals surface area (Å²) in [6.45, 7) is 3.64. The molecule has 8 heteroatoms. The summed E-state index contributed by atoms with van der Waals surface area (Å²) >= 11 is 0. The lowest BCUT2D eigenvalue weighted by Crippen LogP contribution is -2.41. The van der Waals surface area contributed by atoms with Crippen molar-refractivity contribution in [2.24, 2.45) is 11.7 Å².